The van der Waals surface area contributed by atoms with E-state index in [0.29, 0.717) is 32.0 Å². The number of carbonyl (C=O) groups is 3. The van der Waals surface area contributed by atoms with Crippen molar-refractivity contribution in [3.8, 4) is 0 Å². The molecule has 0 bridgehead atoms. The second-order valence-electron chi connectivity index (χ2n) is 7.45. The van der Waals surface area contributed by atoms with Crippen molar-refractivity contribution in [2.75, 3.05) is 26.4 Å². The molecule has 0 rings (SSSR count). The normalized spacial score (nSPS) is 12.7. The molecule has 2 unspecified atom stereocenters. The van der Waals surface area contributed by atoms with Gasteiger partial charge in [-0.2, -0.15) is 0 Å². The number of nitrogens with one attached hydrogen (secondary N) is 1. The first kappa shape index (κ1) is 27.2. The van der Waals surface area contributed by atoms with E-state index in [0.717, 1.165) is 38.5 Å². The quantitative estimate of drug-likeness (QED) is 0.212. The monoisotopic (exact) mass is 415 g/mol. The molecule has 0 saturated heterocycles. The van der Waals surface area contributed by atoms with Gasteiger partial charge in [0.1, 0.15) is 6.61 Å². The first-order valence-corrected chi connectivity index (χ1v) is 11.2. The van der Waals surface area contributed by atoms with Gasteiger partial charge < -0.3 is 19.5 Å². The van der Waals surface area contributed by atoms with E-state index in [4.69, 9.17) is 14.2 Å². The zero-order valence-corrected chi connectivity index (χ0v) is 18.8. The van der Waals surface area contributed by atoms with Gasteiger partial charge in [0.2, 0.25) is 0 Å². The Hall–Kier alpha value is -1.79. The second kappa shape index (κ2) is 18.3. The summed E-state index contributed by atoms with van der Waals surface area (Å²) < 4.78 is 15.4. The molecule has 0 fully saturated rings. The molecule has 2 atom stereocenters. The van der Waals surface area contributed by atoms with Crippen molar-refractivity contribution in [1.29, 1.82) is 0 Å². The number of esters is 2. The first-order valence-electron chi connectivity index (χ1n) is 11.2. The van der Waals surface area contributed by atoms with Gasteiger partial charge >= 0.3 is 18.0 Å². The molecule has 29 heavy (non-hydrogen) atoms. The number of amides is 1. The predicted molar refractivity (Wildman–Crippen MR) is 112 cm³/mol. The Bertz CT molecular complexity index is 455. The fourth-order valence-electron chi connectivity index (χ4n) is 2.56. The van der Waals surface area contributed by atoms with E-state index in [9.17, 15) is 14.4 Å². The fourth-order valence-corrected chi connectivity index (χ4v) is 2.56. The molecule has 0 spiro atoms. The Morgan fingerprint density at radius 1 is 0.862 bits per heavy atom. The smallest absolute Gasteiger partial charge is 0.407 e. The van der Waals surface area contributed by atoms with Crippen LogP contribution >= 0.6 is 0 Å². The Balaban J connectivity index is 3.58. The third-order valence-corrected chi connectivity index (χ3v) is 4.91. The van der Waals surface area contributed by atoms with Crippen LogP contribution in [0.15, 0.2) is 0 Å². The summed E-state index contributed by atoms with van der Waals surface area (Å²) in [5.74, 6) is -0.0735. The van der Waals surface area contributed by atoms with Crippen LogP contribution in [0.2, 0.25) is 0 Å². The third kappa shape index (κ3) is 15.8. The predicted octanol–water partition coefficient (Wildman–Crippen LogP) is 4.62. The number of hydrogen-bond acceptors (Lipinski definition) is 6. The first-order chi connectivity index (χ1) is 13.9. The van der Waals surface area contributed by atoms with Crippen LogP contribution in [0.25, 0.3) is 0 Å². The highest BCUT2D eigenvalue weighted by molar-refractivity contribution is 5.72. The van der Waals surface area contributed by atoms with Gasteiger partial charge in [0.15, 0.2) is 0 Å². The average molecular weight is 416 g/mol. The van der Waals surface area contributed by atoms with Gasteiger partial charge in [-0.15, -0.1) is 0 Å². The highest BCUT2D eigenvalue weighted by Crippen LogP contribution is 2.13. The van der Waals surface area contributed by atoms with Crippen molar-refractivity contribution < 1.29 is 28.6 Å². The number of hydrogen-bond donors (Lipinski definition) is 1. The maximum atomic E-state index is 11.8. The van der Waals surface area contributed by atoms with Gasteiger partial charge in [-0.1, -0.05) is 47.0 Å². The summed E-state index contributed by atoms with van der Waals surface area (Å²) in [6, 6.07) is 0. The third-order valence-electron chi connectivity index (χ3n) is 4.91. The number of unbranched alkanes of at least 4 members (excludes halogenated alkanes) is 3. The van der Waals surface area contributed by atoms with E-state index in [1.165, 1.54) is 6.42 Å². The van der Waals surface area contributed by atoms with E-state index in [1.54, 1.807) is 6.92 Å². The van der Waals surface area contributed by atoms with E-state index in [1.807, 2.05) is 6.92 Å². The molecular weight excluding hydrogens is 374 g/mol. The molecule has 1 amide bonds. The molecule has 0 aliphatic rings. The summed E-state index contributed by atoms with van der Waals surface area (Å²) in [5.41, 5.74) is 0. The zero-order chi connectivity index (χ0) is 21.9. The highest BCUT2D eigenvalue weighted by atomic mass is 16.6. The van der Waals surface area contributed by atoms with Crippen LogP contribution in [-0.4, -0.2) is 44.4 Å². The summed E-state index contributed by atoms with van der Waals surface area (Å²) >= 11 is 0. The molecule has 0 heterocycles. The lowest BCUT2D eigenvalue weighted by atomic mass is 10.0. The zero-order valence-electron chi connectivity index (χ0n) is 18.8. The van der Waals surface area contributed by atoms with E-state index < -0.39 is 6.09 Å². The summed E-state index contributed by atoms with van der Waals surface area (Å²) in [7, 11) is 0. The molecule has 170 valence electrons. The van der Waals surface area contributed by atoms with Crippen molar-refractivity contribution in [3.05, 3.63) is 0 Å². The molecule has 0 aliphatic carbocycles. The lowest BCUT2D eigenvalue weighted by Gasteiger charge is -2.14. The Labute approximate surface area is 176 Å². The van der Waals surface area contributed by atoms with Crippen molar-refractivity contribution in [2.45, 2.75) is 85.5 Å². The SMILES string of the molecule is CCCCC(CC)COC(=O)CCCCCOC(=O)NCCOC(=O)C(C)CC. The summed E-state index contributed by atoms with van der Waals surface area (Å²) in [4.78, 5) is 34.8. The van der Waals surface area contributed by atoms with Crippen LogP contribution < -0.4 is 5.32 Å². The van der Waals surface area contributed by atoms with Crippen LogP contribution in [0, 0.1) is 11.8 Å². The van der Waals surface area contributed by atoms with Gasteiger partial charge in [0, 0.05) is 6.42 Å². The molecule has 7 nitrogen and oxygen atoms in total. The number of rotatable bonds is 17. The lowest BCUT2D eigenvalue weighted by molar-refractivity contribution is -0.148. The number of alkyl carbamates (subject to hydrolysis) is 1. The Morgan fingerprint density at radius 2 is 1.62 bits per heavy atom. The van der Waals surface area contributed by atoms with Crippen LogP contribution in [0.4, 0.5) is 4.79 Å². The standard InChI is InChI=1S/C22H41NO6/c1-5-8-12-19(7-3)17-29-20(24)13-10-9-11-15-28-22(26)23-14-16-27-21(25)18(4)6-2/h18-19H,5-17H2,1-4H3,(H,23,26). The minimum absolute atomic E-state index is 0.131. The van der Waals surface area contributed by atoms with Crippen molar-refractivity contribution in [1.82, 2.24) is 5.32 Å². The summed E-state index contributed by atoms with van der Waals surface area (Å²) in [6.07, 6.45) is 7.29. The Morgan fingerprint density at radius 3 is 2.28 bits per heavy atom. The topological polar surface area (TPSA) is 90.9 Å². The van der Waals surface area contributed by atoms with Crippen LogP contribution in [0.1, 0.15) is 85.5 Å². The molecule has 0 aromatic heterocycles. The van der Waals surface area contributed by atoms with Gasteiger partial charge in [-0.05, 0) is 38.0 Å². The van der Waals surface area contributed by atoms with Crippen LogP contribution in [-0.2, 0) is 23.8 Å². The molecule has 1 N–H and O–H groups in total. The van der Waals surface area contributed by atoms with E-state index in [-0.39, 0.29) is 31.0 Å². The summed E-state index contributed by atoms with van der Waals surface area (Å²) in [5, 5.41) is 2.54. The maximum Gasteiger partial charge on any atom is 0.407 e. The lowest BCUT2D eigenvalue weighted by Crippen LogP contribution is -2.29. The van der Waals surface area contributed by atoms with Crippen molar-refractivity contribution in [2.24, 2.45) is 11.8 Å². The largest absolute Gasteiger partial charge is 0.465 e. The van der Waals surface area contributed by atoms with Crippen molar-refractivity contribution >= 4 is 18.0 Å². The summed E-state index contributed by atoms with van der Waals surface area (Å²) in [6.45, 7) is 9.19. The van der Waals surface area contributed by atoms with Crippen LogP contribution in [0.5, 0.6) is 0 Å². The highest BCUT2D eigenvalue weighted by Gasteiger charge is 2.12. The Kier molecular flexibility index (Phi) is 17.1. The maximum absolute atomic E-state index is 11.8. The van der Waals surface area contributed by atoms with Gasteiger partial charge in [-0.25, -0.2) is 4.79 Å². The minimum Gasteiger partial charge on any atom is -0.465 e. The fraction of sp³-hybridized carbons (Fsp3) is 0.864. The minimum atomic E-state index is -0.526. The molecule has 0 aromatic carbocycles. The number of carbonyl (C=O) groups excluding carboxylic acids is 3. The molecule has 0 saturated carbocycles. The van der Waals surface area contributed by atoms with Crippen LogP contribution in [0.3, 0.4) is 0 Å². The molecule has 7 heteroatoms. The molecule has 0 radical (unpaired) electrons. The average Bonchev–Trinajstić information content (AvgIpc) is 2.72. The molecule has 0 aliphatic heterocycles. The second-order valence-corrected chi connectivity index (χ2v) is 7.45. The number of ether oxygens (including phenoxy) is 3. The van der Waals surface area contributed by atoms with E-state index in [2.05, 4.69) is 19.2 Å². The van der Waals surface area contributed by atoms with E-state index >= 15 is 0 Å². The van der Waals surface area contributed by atoms with Gasteiger partial charge in [0.05, 0.1) is 25.7 Å². The molecular formula is C22H41NO6. The van der Waals surface area contributed by atoms with Crippen molar-refractivity contribution in [3.63, 3.8) is 0 Å². The molecule has 0 aromatic rings. The van der Waals surface area contributed by atoms with Gasteiger partial charge in [-0.3, -0.25) is 9.59 Å². The van der Waals surface area contributed by atoms with Gasteiger partial charge in [0.25, 0.3) is 0 Å².